The van der Waals surface area contributed by atoms with E-state index in [1.54, 1.807) is 0 Å². The SMILES string of the molecule is C[C@H](CCc1ccccc1)NC(=O)[C@H]1[C@H]2C=C[C@@]3(CN(CCc4c[nH]c5ccccc45)C(=O)[C@@H]13)O2. The number of aromatic amines is 1. The first-order valence-corrected chi connectivity index (χ1v) is 12.6. The van der Waals surface area contributed by atoms with Gasteiger partial charge >= 0.3 is 0 Å². The van der Waals surface area contributed by atoms with Crippen molar-refractivity contribution in [3.8, 4) is 0 Å². The topological polar surface area (TPSA) is 74.4 Å². The van der Waals surface area contributed by atoms with Gasteiger partial charge in [-0.05, 0) is 43.4 Å². The number of fused-ring (bicyclic) bond motifs is 2. The molecule has 35 heavy (non-hydrogen) atoms. The van der Waals surface area contributed by atoms with Gasteiger partial charge in [0, 0.05) is 29.7 Å². The lowest BCUT2D eigenvalue weighted by Gasteiger charge is -2.25. The van der Waals surface area contributed by atoms with Crippen LogP contribution in [0.15, 0.2) is 72.9 Å². The van der Waals surface area contributed by atoms with E-state index in [2.05, 4.69) is 34.6 Å². The molecule has 180 valence electrons. The number of carbonyl (C=O) groups excluding carboxylic acids is 2. The van der Waals surface area contributed by atoms with Gasteiger partial charge in [-0.1, -0.05) is 60.7 Å². The summed E-state index contributed by atoms with van der Waals surface area (Å²) in [4.78, 5) is 32.1. The van der Waals surface area contributed by atoms with Crippen molar-refractivity contribution < 1.29 is 14.3 Å². The molecule has 6 heteroatoms. The lowest BCUT2D eigenvalue weighted by Crippen LogP contribution is -2.46. The van der Waals surface area contributed by atoms with Crippen LogP contribution in [-0.4, -0.2) is 52.5 Å². The summed E-state index contributed by atoms with van der Waals surface area (Å²) in [5.74, 6) is -0.945. The monoisotopic (exact) mass is 469 g/mol. The summed E-state index contributed by atoms with van der Waals surface area (Å²) in [6.07, 6.45) is 8.23. The Hall–Kier alpha value is -3.38. The minimum absolute atomic E-state index is 0.0243. The Kier molecular flexibility index (Phi) is 5.49. The zero-order chi connectivity index (χ0) is 24.0. The fourth-order valence-electron chi connectivity index (χ4n) is 6.10. The second-order valence-corrected chi connectivity index (χ2v) is 10.2. The fourth-order valence-corrected chi connectivity index (χ4v) is 6.10. The van der Waals surface area contributed by atoms with Gasteiger partial charge in [-0.3, -0.25) is 9.59 Å². The molecule has 0 unspecified atom stereocenters. The van der Waals surface area contributed by atoms with Crippen molar-refractivity contribution >= 4 is 22.7 Å². The van der Waals surface area contributed by atoms with E-state index < -0.39 is 17.4 Å². The minimum Gasteiger partial charge on any atom is -0.361 e. The number of rotatable bonds is 8. The van der Waals surface area contributed by atoms with E-state index in [9.17, 15) is 9.59 Å². The zero-order valence-corrected chi connectivity index (χ0v) is 19.9. The van der Waals surface area contributed by atoms with Gasteiger partial charge in [-0.2, -0.15) is 0 Å². The van der Waals surface area contributed by atoms with Crippen molar-refractivity contribution in [1.29, 1.82) is 0 Å². The number of nitrogens with one attached hydrogen (secondary N) is 2. The first kappa shape index (κ1) is 22.1. The third-order valence-electron chi connectivity index (χ3n) is 7.90. The average molecular weight is 470 g/mol. The molecule has 2 aromatic carbocycles. The number of likely N-dealkylation sites (tertiary alicyclic amines) is 1. The molecule has 2 bridgehead atoms. The predicted octanol–water partition coefficient (Wildman–Crippen LogP) is 3.63. The van der Waals surface area contributed by atoms with E-state index in [1.807, 2.05) is 60.5 Å². The van der Waals surface area contributed by atoms with Crippen LogP contribution in [-0.2, 0) is 27.2 Å². The fraction of sp³-hybridized carbons (Fsp3) is 0.379. The summed E-state index contributed by atoms with van der Waals surface area (Å²) in [7, 11) is 0. The molecule has 0 radical (unpaired) electrons. The number of carbonyl (C=O) groups is 2. The molecular formula is C29H31N3O3. The van der Waals surface area contributed by atoms with Crippen molar-refractivity contribution in [3.63, 3.8) is 0 Å². The van der Waals surface area contributed by atoms with Crippen LogP contribution < -0.4 is 5.32 Å². The van der Waals surface area contributed by atoms with E-state index in [0.29, 0.717) is 13.1 Å². The van der Waals surface area contributed by atoms with Crippen LogP contribution in [0, 0.1) is 11.8 Å². The number of nitrogens with zero attached hydrogens (tertiary/aromatic N) is 1. The molecule has 4 heterocycles. The molecule has 0 aliphatic carbocycles. The van der Waals surface area contributed by atoms with Crippen LogP contribution in [0.4, 0.5) is 0 Å². The molecule has 2 N–H and O–H groups in total. The Labute approximate surface area is 205 Å². The number of ether oxygens (including phenoxy) is 1. The van der Waals surface area contributed by atoms with Crippen molar-refractivity contribution in [2.45, 2.75) is 43.9 Å². The van der Waals surface area contributed by atoms with Gasteiger partial charge in [0.05, 0.1) is 24.5 Å². The van der Waals surface area contributed by atoms with Crippen molar-refractivity contribution in [2.75, 3.05) is 13.1 Å². The number of hydrogen-bond acceptors (Lipinski definition) is 3. The van der Waals surface area contributed by atoms with Crippen LogP contribution in [0.1, 0.15) is 24.5 Å². The molecular weight excluding hydrogens is 438 g/mol. The maximum absolute atomic E-state index is 13.5. The van der Waals surface area contributed by atoms with E-state index in [-0.39, 0.29) is 24.0 Å². The van der Waals surface area contributed by atoms with Gasteiger partial charge in [-0.25, -0.2) is 0 Å². The average Bonchev–Trinajstić information content (AvgIpc) is 3.62. The summed E-state index contributed by atoms with van der Waals surface area (Å²) in [5, 5.41) is 4.36. The molecule has 3 aromatic rings. The minimum atomic E-state index is -0.669. The summed E-state index contributed by atoms with van der Waals surface area (Å²) in [5.41, 5.74) is 2.89. The largest absolute Gasteiger partial charge is 0.361 e. The summed E-state index contributed by atoms with van der Waals surface area (Å²) in [6.45, 7) is 3.16. The molecule has 1 spiro atoms. The number of para-hydroxylation sites is 1. The smallest absolute Gasteiger partial charge is 0.230 e. The molecule has 6 nitrogen and oxygen atoms in total. The number of H-pyrrole nitrogens is 1. The van der Waals surface area contributed by atoms with Gasteiger partial charge in [0.1, 0.15) is 5.60 Å². The van der Waals surface area contributed by atoms with Crippen molar-refractivity contribution in [3.05, 3.63) is 84.1 Å². The second-order valence-electron chi connectivity index (χ2n) is 10.2. The Balaban J connectivity index is 1.11. The highest BCUT2D eigenvalue weighted by molar-refractivity contribution is 5.93. The van der Waals surface area contributed by atoms with Gasteiger partial charge in [0.2, 0.25) is 11.8 Å². The molecule has 0 saturated carbocycles. The van der Waals surface area contributed by atoms with Gasteiger partial charge in [-0.15, -0.1) is 0 Å². The van der Waals surface area contributed by atoms with Crippen LogP contribution >= 0.6 is 0 Å². The van der Waals surface area contributed by atoms with Crippen LogP contribution in [0.3, 0.4) is 0 Å². The molecule has 5 atom stereocenters. The molecule has 1 aromatic heterocycles. The highest BCUT2D eigenvalue weighted by Crippen LogP contribution is 2.51. The summed E-state index contributed by atoms with van der Waals surface area (Å²) in [6, 6.07) is 18.5. The van der Waals surface area contributed by atoms with E-state index >= 15 is 0 Å². The first-order valence-electron chi connectivity index (χ1n) is 12.6. The molecule has 2 amide bonds. The Morgan fingerprint density at radius 1 is 1.17 bits per heavy atom. The number of aryl methyl sites for hydroxylation is 1. The van der Waals surface area contributed by atoms with Gasteiger partial charge in [0.15, 0.2) is 0 Å². The second kappa shape index (κ2) is 8.68. The molecule has 2 saturated heterocycles. The quantitative estimate of drug-likeness (QED) is 0.495. The third kappa shape index (κ3) is 3.86. The van der Waals surface area contributed by atoms with Gasteiger partial charge < -0.3 is 19.9 Å². The number of amides is 2. The number of aromatic nitrogens is 1. The normalized spacial score (nSPS) is 27.5. The van der Waals surface area contributed by atoms with Crippen LogP contribution in [0.25, 0.3) is 10.9 Å². The maximum atomic E-state index is 13.5. The van der Waals surface area contributed by atoms with Gasteiger partial charge in [0.25, 0.3) is 0 Å². The lowest BCUT2D eigenvalue weighted by molar-refractivity contribution is -0.137. The van der Waals surface area contributed by atoms with Crippen molar-refractivity contribution in [1.82, 2.24) is 15.2 Å². The molecule has 2 fully saturated rings. The van der Waals surface area contributed by atoms with E-state index in [0.717, 1.165) is 24.8 Å². The number of hydrogen-bond donors (Lipinski definition) is 2. The van der Waals surface area contributed by atoms with Crippen LogP contribution in [0.5, 0.6) is 0 Å². The molecule has 3 aliphatic heterocycles. The first-order chi connectivity index (χ1) is 17.0. The van der Waals surface area contributed by atoms with Crippen LogP contribution in [0.2, 0.25) is 0 Å². The van der Waals surface area contributed by atoms with Crippen molar-refractivity contribution in [2.24, 2.45) is 11.8 Å². The zero-order valence-electron chi connectivity index (χ0n) is 19.9. The summed E-state index contributed by atoms with van der Waals surface area (Å²) >= 11 is 0. The maximum Gasteiger partial charge on any atom is 0.230 e. The molecule has 3 aliphatic rings. The highest BCUT2D eigenvalue weighted by atomic mass is 16.5. The Bertz CT molecular complexity index is 1280. The summed E-state index contributed by atoms with van der Waals surface area (Å²) < 4.78 is 6.30. The van der Waals surface area contributed by atoms with E-state index in [4.69, 9.17) is 4.74 Å². The third-order valence-corrected chi connectivity index (χ3v) is 7.90. The van der Waals surface area contributed by atoms with E-state index in [1.165, 1.54) is 16.5 Å². The standard InChI is InChI=1S/C29H31N3O3/c1-19(11-12-20-7-3-2-4-8-20)31-27(33)25-24-13-15-29(35-24)18-32(28(34)26(25)29)16-14-21-17-30-23-10-6-5-9-22(21)23/h2-10,13,15,17,19,24-26,30H,11-12,14,16,18H2,1H3,(H,31,33)/t19-,24-,25+,26-,29+/m1/s1. The Morgan fingerprint density at radius 3 is 2.83 bits per heavy atom. The predicted molar refractivity (Wildman–Crippen MR) is 135 cm³/mol. The highest BCUT2D eigenvalue weighted by Gasteiger charge is 2.66. The lowest BCUT2D eigenvalue weighted by atomic mass is 9.76. The Morgan fingerprint density at radius 2 is 1.97 bits per heavy atom. The molecule has 6 rings (SSSR count). The number of benzene rings is 2.